The molecule has 0 saturated carbocycles. The Morgan fingerprint density at radius 3 is 2.05 bits per heavy atom. The minimum Gasteiger partial charge on any atom is -0.355 e. The zero-order chi connectivity index (χ0) is 29.0. The van der Waals surface area contributed by atoms with E-state index in [0.29, 0.717) is 31.1 Å². The Kier molecular flexibility index (Phi) is 11.0. The van der Waals surface area contributed by atoms with Crippen LogP contribution in [0.1, 0.15) is 36.0 Å². The largest absolute Gasteiger partial charge is 0.355 e. The average molecular weight is 591 g/mol. The molecule has 2 aromatic carbocycles. The van der Waals surface area contributed by atoms with E-state index in [1.54, 1.807) is 26.5 Å². The Hall–Kier alpha value is -4.01. The molecule has 2 N–H and O–H groups in total. The summed E-state index contributed by atoms with van der Waals surface area (Å²) in [4.78, 5) is 63.2. The summed E-state index contributed by atoms with van der Waals surface area (Å²) in [6.07, 6.45) is 2.65. The maximum absolute atomic E-state index is 13.2. The SMILES string of the molecule is O=C(CCC(=O)N1Cc2ccccc2C#Cc2ccccc21)NCCSSCCNC(=O)CCN1C(=O)C=CC1=O. The van der Waals surface area contributed by atoms with Gasteiger partial charge < -0.3 is 15.5 Å². The number of amides is 5. The fraction of sp³-hybridized carbons (Fsp3) is 0.300. The molecule has 41 heavy (non-hydrogen) atoms. The molecule has 0 saturated heterocycles. The van der Waals surface area contributed by atoms with Gasteiger partial charge in [-0.25, -0.2) is 0 Å². The molecule has 5 amide bonds. The summed E-state index contributed by atoms with van der Waals surface area (Å²) >= 11 is 0. The topological polar surface area (TPSA) is 116 Å². The molecule has 212 valence electrons. The van der Waals surface area contributed by atoms with Gasteiger partial charge in [-0.3, -0.25) is 28.9 Å². The highest BCUT2D eigenvalue weighted by Gasteiger charge is 2.24. The van der Waals surface area contributed by atoms with Crippen molar-refractivity contribution in [3.63, 3.8) is 0 Å². The van der Waals surface area contributed by atoms with E-state index < -0.39 is 11.8 Å². The highest BCUT2D eigenvalue weighted by Crippen LogP contribution is 2.26. The smallest absolute Gasteiger partial charge is 0.253 e. The van der Waals surface area contributed by atoms with Gasteiger partial charge in [0.25, 0.3) is 11.8 Å². The number of carbonyl (C=O) groups is 5. The summed E-state index contributed by atoms with van der Waals surface area (Å²) in [5.74, 6) is 6.41. The highest BCUT2D eigenvalue weighted by atomic mass is 33.1. The van der Waals surface area contributed by atoms with E-state index in [1.807, 2.05) is 48.5 Å². The number of benzene rings is 2. The lowest BCUT2D eigenvalue weighted by atomic mass is 10.0. The zero-order valence-electron chi connectivity index (χ0n) is 22.4. The van der Waals surface area contributed by atoms with Gasteiger partial charge in [-0.05, 0) is 23.8 Å². The molecule has 9 nitrogen and oxygen atoms in total. The van der Waals surface area contributed by atoms with Crippen LogP contribution in [0.2, 0.25) is 0 Å². The van der Waals surface area contributed by atoms with Gasteiger partial charge in [0.2, 0.25) is 17.7 Å². The fourth-order valence-corrected chi connectivity index (χ4v) is 6.00. The Balaban J connectivity index is 1.10. The predicted molar refractivity (Wildman–Crippen MR) is 161 cm³/mol. The average Bonchev–Trinajstić information content (AvgIpc) is 3.29. The number of nitrogens with one attached hydrogen (secondary N) is 2. The molecule has 0 radical (unpaired) electrons. The van der Waals surface area contributed by atoms with E-state index in [9.17, 15) is 24.0 Å². The Labute approximate surface area is 246 Å². The molecule has 0 atom stereocenters. The number of rotatable bonds is 13. The van der Waals surface area contributed by atoms with Gasteiger partial charge >= 0.3 is 0 Å². The Morgan fingerprint density at radius 1 is 0.756 bits per heavy atom. The third kappa shape index (κ3) is 8.74. The quantitative estimate of drug-likeness (QED) is 0.160. The summed E-state index contributed by atoms with van der Waals surface area (Å²) in [6, 6.07) is 15.3. The van der Waals surface area contributed by atoms with Crippen LogP contribution in [0.3, 0.4) is 0 Å². The van der Waals surface area contributed by atoms with E-state index >= 15 is 0 Å². The van der Waals surface area contributed by atoms with Crippen molar-refractivity contribution in [1.29, 1.82) is 0 Å². The fourth-order valence-electron chi connectivity index (χ4n) is 4.19. The number of carbonyl (C=O) groups excluding carboxylic acids is 5. The number of hydrogen-bond donors (Lipinski definition) is 2. The number of para-hydroxylation sites is 1. The summed E-state index contributed by atoms with van der Waals surface area (Å²) < 4.78 is 0. The molecule has 0 unspecified atom stereocenters. The lowest BCUT2D eigenvalue weighted by molar-refractivity contribution is -0.137. The van der Waals surface area contributed by atoms with E-state index in [0.717, 1.165) is 27.3 Å². The molecule has 2 aliphatic heterocycles. The zero-order valence-corrected chi connectivity index (χ0v) is 24.0. The van der Waals surface area contributed by atoms with Crippen molar-refractivity contribution < 1.29 is 24.0 Å². The Morgan fingerprint density at radius 2 is 1.34 bits per heavy atom. The van der Waals surface area contributed by atoms with Crippen LogP contribution in [-0.4, -0.2) is 65.6 Å². The van der Waals surface area contributed by atoms with Crippen molar-refractivity contribution in [3.05, 3.63) is 77.4 Å². The van der Waals surface area contributed by atoms with Gasteiger partial charge in [0.05, 0.1) is 12.2 Å². The maximum atomic E-state index is 13.2. The van der Waals surface area contributed by atoms with Crippen LogP contribution in [-0.2, 0) is 30.5 Å². The summed E-state index contributed by atoms with van der Waals surface area (Å²) in [7, 11) is 3.15. The van der Waals surface area contributed by atoms with Crippen LogP contribution in [0.5, 0.6) is 0 Å². The van der Waals surface area contributed by atoms with Crippen LogP contribution in [0.15, 0.2) is 60.7 Å². The summed E-state index contributed by atoms with van der Waals surface area (Å²) in [5.41, 5.74) is 3.38. The molecule has 0 aliphatic carbocycles. The van der Waals surface area contributed by atoms with Crippen molar-refractivity contribution in [2.75, 3.05) is 36.0 Å². The maximum Gasteiger partial charge on any atom is 0.253 e. The lowest BCUT2D eigenvalue weighted by Crippen LogP contribution is -2.35. The first-order valence-corrected chi connectivity index (χ1v) is 15.7. The number of imide groups is 1. The molecule has 2 aliphatic rings. The minimum atomic E-state index is -0.395. The van der Waals surface area contributed by atoms with Gasteiger partial charge in [-0.1, -0.05) is 63.8 Å². The van der Waals surface area contributed by atoms with Crippen molar-refractivity contribution >= 4 is 56.8 Å². The van der Waals surface area contributed by atoms with E-state index in [2.05, 4.69) is 22.5 Å². The van der Waals surface area contributed by atoms with Crippen molar-refractivity contribution in [3.8, 4) is 11.8 Å². The van der Waals surface area contributed by atoms with Crippen LogP contribution in [0.25, 0.3) is 0 Å². The first kappa shape index (κ1) is 30.0. The van der Waals surface area contributed by atoms with Gasteiger partial charge in [0.15, 0.2) is 0 Å². The second-order valence-corrected chi connectivity index (χ2v) is 11.9. The van der Waals surface area contributed by atoms with Crippen LogP contribution in [0.4, 0.5) is 5.69 Å². The van der Waals surface area contributed by atoms with Gasteiger partial charge in [0, 0.05) is 73.7 Å². The normalized spacial score (nSPS) is 13.5. The molecular weight excluding hydrogens is 560 g/mol. The number of nitrogens with zero attached hydrogens (tertiary/aromatic N) is 2. The van der Waals surface area contributed by atoms with Crippen molar-refractivity contribution in [2.24, 2.45) is 0 Å². The first-order valence-electron chi connectivity index (χ1n) is 13.2. The molecular formula is C30H30N4O5S2. The summed E-state index contributed by atoms with van der Waals surface area (Å²) in [6.45, 7) is 1.39. The number of hydrogen-bond acceptors (Lipinski definition) is 7. The molecule has 0 fully saturated rings. The van der Waals surface area contributed by atoms with E-state index in [-0.39, 0.29) is 43.5 Å². The monoisotopic (exact) mass is 590 g/mol. The molecule has 0 aromatic heterocycles. The summed E-state index contributed by atoms with van der Waals surface area (Å²) in [5, 5.41) is 5.62. The molecule has 0 spiro atoms. The van der Waals surface area contributed by atoms with Crippen LogP contribution >= 0.6 is 21.6 Å². The predicted octanol–water partition coefficient (Wildman–Crippen LogP) is 2.64. The van der Waals surface area contributed by atoms with Crippen molar-refractivity contribution in [1.82, 2.24) is 15.5 Å². The van der Waals surface area contributed by atoms with E-state index in [1.165, 1.54) is 12.2 Å². The molecule has 11 heteroatoms. The number of fused-ring (bicyclic) bond motifs is 2. The first-order chi connectivity index (χ1) is 19.9. The Bertz CT molecular complexity index is 1400. The highest BCUT2D eigenvalue weighted by molar-refractivity contribution is 8.76. The molecule has 2 aromatic rings. The van der Waals surface area contributed by atoms with Crippen molar-refractivity contribution in [2.45, 2.75) is 25.8 Å². The van der Waals surface area contributed by atoms with Gasteiger partial charge in [-0.2, -0.15) is 0 Å². The second kappa shape index (κ2) is 15.1. The molecule has 0 bridgehead atoms. The minimum absolute atomic E-state index is 0.0666. The number of anilines is 1. The standard InChI is InChI=1S/C30H30N4O5S2/c35-26(31-16-19-40-41-20-17-32-27(36)15-18-33-28(37)13-14-29(33)38)11-12-30(39)34-21-24-7-2-1-5-22(24)9-10-23-6-3-4-8-25(23)34/h1-8,13-14H,11-12,15-21H2,(H,31,35)(H,32,36). The molecule has 4 rings (SSSR count). The van der Waals surface area contributed by atoms with Crippen LogP contribution in [0, 0.1) is 11.8 Å². The molecule has 2 heterocycles. The van der Waals surface area contributed by atoms with Gasteiger partial charge in [0.1, 0.15) is 0 Å². The van der Waals surface area contributed by atoms with E-state index in [4.69, 9.17) is 0 Å². The van der Waals surface area contributed by atoms with Crippen LogP contribution < -0.4 is 15.5 Å². The second-order valence-electron chi connectivity index (χ2n) is 9.16. The lowest BCUT2D eigenvalue weighted by Gasteiger charge is -2.26. The van der Waals surface area contributed by atoms with Gasteiger partial charge in [-0.15, -0.1) is 0 Å². The third-order valence-corrected chi connectivity index (χ3v) is 8.71. The third-order valence-electron chi connectivity index (χ3n) is 6.30.